The summed E-state index contributed by atoms with van der Waals surface area (Å²) in [7, 11) is 1.70. The normalized spacial score (nSPS) is 25.3. The van der Waals surface area contributed by atoms with Crippen LogP contribution in [0.1, 0.15) is 44.2 Å². The van der Waals surface area contributed by atoms with Crippen LogP contribution in [0.25, 0.3) is 0 Å². The predicted octanol–water partition coefficient (Wildman–Crippen LogP) is 2.05. The lowest BCUT2D eigenvalue weighted by Gasteiger charge is -2.42. The molecule has 3 fully saturated rings. The van der Waals surface area contributed by atoms with E-state index in [1.54, 1.807) is 7.11 Å². The molecule has 6 nitrogen and oxygen atoms in total. The van der Waals surface area contributed by atoms with Gasteiger partial charge in [-0.2, -0.15) is 0 Å². The number of nitrogens with one attached hydrogen (secondary N) is 1. The molecule has 2 saturated heterocycles. The van der Waals surface area contributed by atoms with Crippen molar-refractivity contribution in [2.75, 3.05) is 33.3 Å². The van der Waals surface area contributed by atoms with Crippen LogP contribution in [-0.4, -0.2) is 66.1 Å². The van der Waals surface area contributed by atoms with E-state index in [4.69, 9.17) is 4.74 Å². The summed E-state index contributed by atoms with van der Waals surface area (Å²) in [5.74, 6) is 1.36. The first kappa shape index (κ1) is 18.7. The molecule has 1 atom stereocenters. The zero-order valence-corrected chi connectivity index (χ0v) is 16.4. The van der Waals surface area contributed by atoms with Crippen molar-refractivity contribution in [1.29, 1.82) is 0 Å². The highest BCUT2D eigenvalue weighted by Crippen LogP contribution is 2.26. The highest BCUT2D eigenvalue weighted by Gasteiger charge is 2.33. The Bertz CT molecular complexity index is 641. The van der Waals surface area contributed by atoms with E-state index in [-0.39, 0.29) is 5.92 Å². The summed E-state index contributed by atoms with van der Waals surface area (Å²) in [4.78, 5) is 22.0. The van der Waals surface area contributed by atoms with Gasteiger partial charge in [0.25, 0.3) is 0 Å². The zero-order valence-electron chi connectivity index (χ0n) is 16.4. The van der Waals surface area contributed by atoms with Crippen LogP contribution in [0.4, 0.5) is 0 Å². The molecule has 148 valence electrons. The topological polar surface area (TPSA) is 57.7 Å². The summed E-state index contributed by atoms with van der Waals surface area (Å²) in [6.07, 6.45) is 8.72. The monoisotopic (exact) mass is 372 g/mol. The molecule has 0 unspecified atom stereocenters. The van der Waals surface area contributed by atoms with Gasteiger partial charge in [0.1, 0.15) is 5.75 Å². The fourth-order valence-electron chi connectivity index (χ4n) is 4.44. The molecular formula is C21H32N4O2. The van der Waals surface area contributed by atoms with Crippen molar-refractivity contribution in [2.45, 2.75) is 57.2 Å². The number of hydrogen-bond acceptors (Lipinski definition) is 5. The number of carbonyl (C=O) groups excluding carboxylic acids is 1. The lowest BCUT2D eigenvalue weighted by atomic mass is 9.93. The number of carbonyl (C=O) groups is 1. The maximum absolute atomic E-state index is 12.4. The summed E-state index contributed by atoms with van der Waals surface area (Å²) in [6.45, 7) is 5.17. The number of nitrogens with zero attached hydrogens (tertiary/aromatic N) is 3. The summed E-state index contributed by atoms with van der Waals surface area (Å²) in [5, 5.41) is 3.20. The Morgan fingerprint density at radius 2 is 2.04 bits per heavy atom. The molecule has 1 N–H and O–H groups in total. The third kappa shape index (κ3) is 4.99. The number of piperidine rings is 2. The maximum Gasteiger partial charge on any atom is 0.224 e. The smallest absolute Gasteiger partial charge is 0.224 e. The number of hydrogen-bond donors (Lipinski definition) is 1. The minimum absolute atomic E-state index is 0.193. The fourth-order valence-corrected chi connectivity index (χ4v) is 4.44. The molecule has 3 heterocycles. The van der Waals surface area contributed by atoms with E-state index >= 15 is 0 Å². The van der Waals surface area contributed by atoms with Gasteiger partial charge in [0.05, 0.1) is 18.7 Å². The van der Waals surface area contributed by atoms with Gasteiger partial charge < -0.3 is 10.1 Å². The van der Waals surface area contributed by atoms with E-state index in [1.807, 2.05) is 18.3 Å². The van der Waals surface area contributed by atoms with E-state index in [9.17, 15) is 4.79 Å². The minimum atomic E-state index is 0.193. The van der Waals surface area contributed by atoms with Crippen molar-refractivity contribution in [2.24, 2.45) is 5.92 Å². The number of ether oxygens (including phenoxy) is 1. The molecule has 6 heteroatoms. The molecule has 27 heavy (non-hydrogen) atoms. The zero-order chi connectivity index (χ0) is 18.6. The molecule has 1 aromatic heterocycles. The lowest BCUT2D eigenvalue weighted by molar-refractivity contribution is -0.127. The first-order valence-electron chi connectivity index (χ1n) is 10.5. The second-order valence-corrected chi connectivity index (χ2v) is 8.31. The van der Waals surface area contributed by atoms with Crippen molar-refractivity contribution in [1.82, 2.24) is 20.1 Å². The molecule has 1 aliphatic carbocycles. The first-order valence-corrected chi connectivity index (χ1v) is 10.5. The second-order valence-electron chi connectivity index (χ2n) is 8.31. The summed E-state index contributed by atoms with van der Waals surface area (Å²) in [5.41, 5.74) is 1.07. The molecule has 0 bridgehead atoms. The number of rotatable bonds is 6. The molecule has 0 spiro atoms. The van der Waals surface area contributed by atoms with Gasteiger partial charge in [-0.3, -0.25) is 19.6 Å². The number of likely N-dealkylation sites (tertiary alicyclic amines) is 2. The SMILES string of the molecule is COc1ccnc(CN2CCC(N3CCC[C@@H](C(=O)NC4CC4)C3)CC2)c1. The highest BCUT2D eigenvalue weighted by molar-refractivity contribution is 5.79. The molecule has 1 saturated carbocycles. The van der Waals surface area contributed by atoms with Crippen LogP contribution in [0, 0.1) is 5.92 Å². The Hall–Kier alpha value is -1.66. The van der Waals surface area contributed by atoms with Gasteiger partial charge >= 0.3 is 0 Å². The molecular weight excluding hydrogens is 340 g/mol. The van der Waals surface area contributed by atoms with Gasteiger partial charge in [0, 0.05) is 50.5 Å². The van der Waals surface area contributed by atoms with Gasteiger partial charge in [-0.15, -0.1) is 0 Å². The number of methoxy groups -OCH3 is 1. The Balaban J connectivity index is 1.25. The van der Waals surface area contributed by atoms with Crippen molar-refractivity contribution in [3.63, 3.8) is 0 Å². The van der Waals surface area contributed by atoms with Crippen LogP contribution in [0.15, 0.2) is 18.3 Å². The molecule has 1 aromatic rings. The van der Waals surface area contributed by atoms with Gasteiger partial charge in [-0.25, -0.2) is 0 Å². The van der Waals surface area contributed by atoms with Crippen LogP contribution in [0.2, 0.25) is 0 Å². The number of aromatic nitrogens is 1. The molecule has 4 rings (SSSR count). The van der Waals surface area contributed by atoms with E-state index in [1.165, 1.54) is 25.7 Å². The summed E-state index contributed by atoms with van der Waals surface area (Å²) in [6, 6.07) is 5.01. The Morgan fingerprint density at radius 3 is 2.78 bits per heavy atom. The van der Waals surface area contributed by atoms with Crippen LogP contribution in [0.3, 0.4) is 0 Å². The largest absolute Gasteiger partial charge is 0.497 e. The van der Waals surface area contributed by atoms with Gasteiger partial charge in [-0.1, -0.05) is 0 Å². The molecule has 2 aliphatic heterocycles. The summed E-state index contributed by atoms with van der Waals surface area (Å²) >= 11 is 0. The van der Waals surface area contributed by atoms with Crippen molar-refractivity contribution < 1.29 is 9.53 Å². The average Bonchev–Trinajstić information content (AvgIpc) is 3.53. The van der Waals surface area contributed by atoms with Crippen LogP contribution in [0.5, 0.6) is 5.75 Å². The maximum atomic E-state index is 12.4. The minimum Gasteiger partial charge on any atom is -0.497 e. The van der Waals surface area contributed by atoms with Gasteiger partial charge in [0.15, 0.2) is 0 Å². The molecule has 0 aromatic carbocycles. The highest BCUT2D eigenvalue weighted by atomic mass is 16.5. The van der Waals surface area contributed by atoms with Crippen molar-refractivity contribution in [3.05, 3.63) is 24.0 Å². The third-order valence-electron chi connectivity index (χ3n) is 6.23. The summed E-state index contributed by atoms with van der Waals surface area (Å²) < 4.78 is 5.30. The van der Waals surface area contributed by atoms with E-state index in [0.29, 0.717) is 18.0 Å². The van der Waals surface area contributed by atoms with Crippen molar-refractivity contribution >= 4 is 5.91 Å². The quantitative estimate of drug-likeness (QED) is 0.828. The number of pyridine rings is 1. The Labute approximate surface area is 162 Å². The predicted molar refractivity (Wildman–Crippen MR) is 105 cm³/mol. The van der Waals surface area contributed by atoms with E-state index < -0.39 is 0 Å². The first-order chi connectivity index (χ1) is 13.2. The third-order valence-corrected chi connectivity index (χ3v) is 6.23. The van der Waals surface area contributed by atoms with Crippen LogP contribution in [-0.2, 0) is 11.3 Å². The van der Waals surface area contributed by atoms with Crippen LogP contribution < -0.4 is 10.1 Å². The molecule has 0 radical (unpaired) electrons. The molecule has 3 aliphatic rings. The molecule has 1 amide bonds. The van der Waals surface area contributed by atoms with Gasteiger partial charge in [0.2, 0.25) is 5.91 Å². The number of amides is 1. The lowest BCUT2D eigenvalue weighted by Crippen LogP contribution is -2.50. The second kappa shape index (κ2) is 8.57. The van der Waals surface area contributed by atoms with E-state index in [2.05, 4.69) is 20.1 Å². The fraction of sp³-hybridized carbons (Fsp3) is 0.714. The van der Waals surface area contributed by atoms with Crippen molar-refractivity contribution in [3.8, 4) is 5.75 Å². The van der Waals surface area contributed by atoms with Gasteiger partial charge in [-0.05, 0) is 51.1 Å². The Morgan fingerprint density at radius 1 is 1.22 bits per heavy atom. The standard InChI is InChI=1S/C21H32N4O2/c1-27-20-6-9-22-18(13-20)15-24-11-7-19(8-12-24)25-10-2-3-16(14-25)21(26)23-17-4-5-17/h6,9,13,16-17,19H,2-5,7-8,10-12,14-15H2,1H3,(H,23,26)/t16-/m1/s1. The van der Waals surface area contributed by atoms with E-state index in [0.717, 1.165) is 57.0 Å². The Kier molecular flexibility index (Phi) is 5.93. The van der Waals surface area contributed by atoms with Crippen LogP contribution >= 0.6 is 0 Å². The average molecular weight is 373 g/mol.